The summed E-state index contributed by atoms with van der Waals surface area (Å²) in [7, 11) is 4.18. The maximum Gasteiger partial charge on any atom is 0.346 e. The van der Waals surface area contributed by atoms with E-state index in [0.29, 0.717) is 40.4 Å². The Morgan fingerprint density at radius 2 is 1.90 bits per heavy atom. The van der Waals surface area contributed by atoms with Gasteiger partial charge < -0.3 is 15.4 Å². The Balaban J connectivity index is 1.21. The lowest BCUT2D eigenvalue weighted by Gasteiger charge is -2.50. The number of hydrogen-bond donors (Lipinski definition) is 2. The highest BCUT2D eigenvalue weighted by Crippen LogP contribution is 2.48. The van der Waals surface area contributed by atoms with Gasteiger partial charge in [0, 0.05) is 62.0 Å². The minimum absolute atomic E-state index is 0.110. The molecule has 1 spiro atoms. The fraction of sp³-hybridized carbons (Fsp3) is 0.353. The highest BCUT2D eigenvalue weighted by atomic mass is 35.5. The van der Waals surface area contributed by atoms with Crippen molar-refractivity contribution in [1.29, 1.82) is 0 Å². The molecule has 0 bridgehead atoms. The van der Waals surface area contributed by atoms with Crippen LogP contribution >= 0.6 is 11.6 Å². The van der Waals surface area contributed by atoms with Crippen molar-refractivity contribution >= 4 is 29.1 Å². The summed E-state index contributed by atoms with van der Waals surface area (Å²) in [5, 5.41) is 9.79. The third kappa shape index (κ3) is 5.08. The first-order valence-electron chi connectivity index (χ1n) is 15.6. The van der Waals surface area contributed by atoms with E-state index < -0.39 is 28.7 Å². The van der Waals surface area contributed by atoms with Crippen LogP contribution in [0.25, 0.3) is 22.4 Å². The molecule has 1 atom stereocenters. The molecule has 2 aromatic heterocycles. The van der Waals surface area contributed by atoms with Crippen LogP contribution in [0.3, 0.4) is 0 Å². The average Bonchev–Trinajstić information content (AvgIpc) is 3.66. The summed E-state index contributed by atoms with van der Waals surface area (Å²) in [6.07, 6.45) is 3.12. The average molecular weight is 674 g/mol. The van der Waals surface area contributed by atoms with Crippen molar-refractivity contribution in [3.63, 3.8) is 0 Å². The highest BCUT2D eigenvalue weighted by Gasteiger charge is 2.51. The van der Waals surface area contributed by atoms with Gasteiger partial charge in [0.25, 0.3) is 11.5 Å². The number of likely N-dealkylation sites (tertiary alicyclic amines) is 1. The van der Waals surface area contributed by atoms with Crippen molar-refractivity contribution in [1.82, 2.24) is 29.5 Å². The molecule has 0 saturated carbocycles. The van der Waals surface area contributed by atoms with Gasteiger partial charge >= 0.3 is 5.69 Å². The number of amides is 2. The summed E-state index contributed by atoms with van der Waals surface area (Å²) >= 11 is 6.98. The summed E-state index contributed by atoms with van der Waals surface area (Å²) in [4.78, 5) is 56.8. The van der Waals surface area contributed by atoms with Gasteiger partial charge in [-0.15, -0.1) is 0 Å². The highest BCUT2D eigenvalue weighted by molar-refractivity contribution is 6.36. The molecule has 2 saturated heterocycles. The second kappa shape index (κ2) is 11.7. The number of rotatable bonds is 6. The van der Waals surface area contributed by atoms with Crippen molar-refractivity contribution in [3.8, 4) is 28.3 Å². The van der Waals surface area contributed by atoms with Gasteiger partial charge in [-0.25, -0.2) is 18.9 Å². The predicted molar refractivity (Wildman–Crippen MR) is 177 cm³/mol. The lowest BCUT2D eigenvalue weighted by molar-refractivity contribution is -0.121. The summed E-state index contributed by atoms with van der Waals surface area (Å²) in [6.45, 7) is 3.28. The molecule has 3 aliphatic rings. The molecule has 2 amide bonds. The Kier molecular flexibility index (Phi) is 7.71. The number of carbonyl (C=O) groups is 2. The molecule has 2 aliphatic heterocycles. The molecule has 4 aromatic rings. The van der Waals surface area contributed by atoms with Crippen LogP contribution in [0.4, 0.5) is 10.1 Å². The summed E-state index contributed by atoms with van der Waals surface area (Å²) < 4.78 is 23.1. The molecular formula is C34H33ClFN7O5. The maximum atomic E-state index is 15.6. The third-order valence-electron chi connectivity index (χ3n) is 9.76. The van der Waals surface area contributed by atoms with Gasteiger partial charge in [-0.1, -0.05) is 23.7 Å². The Bertz CT molecular complexity index is 2160. The minimum atomic E-state index is -0.842. The number of benzene rings is 2. The van der Waals surface area contributed by atoms with Gasteiger partial charge in [-0.3, -0.25) is 23.9 Å². The number of hydrogen-bond acceptors (Lipinski definition) is 8. The van der Waals surface area contributed by atoms with Gasteiger partial charge in [-0.05, 0) is 67.1 Å². The molecule has 48 heavy (non-hydrogen) atoms. The van der Waals surface area contributed by atoms with Gasteiger partial charge in [0.05, 0.1) is 23.4 Å². The fourth-order valence-corrected chi connectivity index (χ4v) is 7.62. The first-order valence-corrected chi connectivity index (χ1v) is 16.0. The smallest absolute Gasteiger partial charge is 0.346 e. The van der Waals surface area contributed by atoms with Crippen LogP contribution in [0.1, 0.15) is 52.5 Å². The second-order valence-corrected chi connectivity index (χ2v) is 13.1. The molecule has 0 unspecified atom stereocenters. The molecule has 2 aromatic carbocycles. The second-order valence-electron chi connectivity index (χ2n) is 12.7. The molecule has 2 N–H and O–H groups in total. The zero-order valence-corrected chi connectivity index (χ0v) is 27.6. The molecule has 0 radical (unpaired) electrons. The van der Waals surface area contributed by atoms with Crippen LogP contribution in [0, 0.1) is 12.7 Å². The van der Waals surface area contributed by atoms with E-state index in [1.807, 2.05) is 6.07 Å². The molecule has 14 heteroatoms. The van der Waals surface area contributed by atoms with Crippen LogP contribution in [-0.2, 0) is 25.3 Å². The molecular weight excluding hydrogens is 641 g/mol. The normalized spacial score (nSPS) is 18.0. The van der Waals surface area contributed by atoms with Crippen molar-refractivity contribution in [2.24, 2.45) is 14.1 Å². The van der Waals surface area contributed by atoms with Crippen molar-refractivity contribution in [3.05, 3.63) is 90.5 Å². The number of methoxy groups -OCH3 is 1. The Morgan fingerprint density at radius 1 is 1.12 bits per heavy atom. The number of halogens is 2. The van der Waals surface area contributed by atoms with Gasteiger partial charge in [0.2, 0.25) is 17.5 Å². The number of carbonyl (C=O) groups excluding carboxylic acids is 2. The number of aromatic nitrogens is 4. The van der Waals surface area contributed by atoms with Gasteiger partial charge in [0.15, 0.2) is 0 Å². The summed E-state index contributed by atoms with van der Waals surface area (Å²) in [5.74, 6) is -0.788. The van der Waals surface area contributed by atoms with E-state index in [-0.39, 0.29) is 28.1 Å². The number of pyridine rings is 1. The SMILES string of the molecule is COc1nc(-c2ccc(F)c(-c3cccc(NC(=O)c4nn(C)c(=O)n(C)c4=O)c3C)c2Cl)cc2c1[C@@H](N1CC3(CCC(=O)N3)C1)CC2. The minimum Gasteiger partial charge on any atom is -0.481 e. The number of ether oxygens (including phenoxy) is 1. The molecule has 12 nitrogen and oxygen atoms in total. The first kappa shape index (κ1) is 31.7. The van der Waals surface area contributed by atoms with E-state index >= 15 is 4.39 Å². The number of nitrogens with one attached hydrogen (secondary N) is 2. The summed E-state index contributed by atoms with van der Waals surface area (Å²) in [5.41, 5.74) is 2.42. The van der Waals surface area contributed by atoms with E-state index in [1.54, 1.807) is 38.3 Å². The van der Waals surface area contributed by atoms with Crippen molar-refractivity contribution < 1.29 is 18.7 Å². The zero-order valence-electron chi connectivity index (χ0n) is 26.8. The standard InChI is InChI=1S/C34H33ClFN7O5/c1-17-19(6-5-7-22(17)37-30(45)29-32(46)41(2)33(47)42(3)40-29)27-21(36)10-9-20(28(27)35)23-14-18-8-11-24(26(18)31(38-23)48-4)43-15-34(16-43)13-12-25(44)39-34/h5-7,9-10,14,24H,8,11-13,15-16H2,1-4H3,(H,37,45)(H,39,44)/t24-/m0/s1. The maximum absolute atomic E-state index is 15.6. The number of nitrogens with zero attached hydrogens (tertiary/aromatic N) is 5. The fourth-order valence-electron chi connectivity index (χ4n) is 7.26. The topological polar surface area (TPSA) is 140 Å². The van der Waals surface area contributed by atoms with Crippen LogP contribution in [0.15, 0.2) is 46.0 Å². The van der Waals surface area contributed by atoms with E-state index in [0.717, 1.165) is 52.7 Å². The van der Waals surface area contributed by atoms with Crippen LogP contribution in [0.2, 0.25) is 5.02 Å². The molecule has 4 heterocycles. The number of aryl methyl sites for hydroxylation is 2. The number of fused-ring (bicyclic) bond motifs is 1. The largest absolute Gasteiger partial charge is 0.481 e. The molecule has 1 aliphatic carbocycles. The van der Waals surface area contributed by atoms with E-state index in [1.165, 1.54) is 20.2 Å². The van der Waals surface area contributed by atoms with Crippen molar-refractivity contribution in [2.45, 2.75) is 44.2 Å². The number of anilines is 1. The summed E-state index contributed by atoms with van der Waals surface area (Å²) in [6, 6.07) is 9.97. The van der Waals surface area contributed by atoms with E-state index in [9.17, 15) is 19.2 Å². The third-order valence-corrected chi connectivity index (χ3v) is 10.2. The van der Waals surface area contributed by atoms with Crippen LogP contribution in [0.5, 0.6) is 5.88 Å². The quantitative estimate of drug-likeness (QED) is 0.317. The predicted octanol–water partition coefficient (Wildman–Crippen LogP) is 3.52. The van der Waals surface area contributed by atoms with Gasteiger partial charge in [0.1, 0.15) is 5.82 Å². The Labute approximate surface area is 279 Å². The van der Waals surface area contributed by atoms with E-state index in [4.69, 9.17) is 21.3 Å². The monoisotopic (exact) mass is 673 g/mol. The van der Waals surface area contributed by atoms with E-state index in [2.05, 4.69) is 20.6 Å². The molecule has 2 fully saturated rings. The lowest BCUT2D eigenvalue weighted by atomic mass is 9.86. The van der Waals surface area contributed by atoms with Crippen LogP contribution < -0.4 is 26.6 Å². The first-order chi connectivity index (χ1) is 22.9. The Hall–Kier alpha value is -4.88. The van der Waals surface area contributed by atoms with Crippen LogP contribution in [-0.4, -0.2) is 61.8 Å². The lowest BCUT2D eigenvalue weighted by Crippen LogP contribution is -2.67. The molecule has 7 rings (SSSR count). The van der Waals surface area contributed by atoms with Crippen molar-refractivity contribution in [2.75, 3.05) is 25.5 Å². The Morgan fingerprint density at radius 3 is 2.60 bits per heavy atom. The molecule has 248 valence electrons. The van der Waals surface area contributed by atoms with Gasteiger partial charge in [-0.2, -0.15) is 5.10 Å². The zero-order chi connectivity index (χ0) is 34.1.